The SMILES string of the molecule is Cc1cc2[nH]cc(Cl)c2cn1.Cc1cc2cc(Cl)ccc2[nH]1.Cc1cc2cc(Cl)cnc2[nH]1.Cc1cc2ccc(Cl)cc2s1.Cc1cc2ccc(Cl)nc2s1.Cc1cc2ncc(Cl)cc2s1.Cc1cc2ncc(Cl)cc2s1.Cc1ccc2c(C)c[nH]c2c1.Cc1ccc2c(Cl)c[nH]c2c1.Cc1ccc2c(Cl)c[nH]c2n1.Cc1ccc2nc(Cl)ccc2c1.Cc1cnc2cc(Cl)ccc2c1.Cc1sc(Cl)cc1Cl. The lowest BCUT2D eigenvalue weighted by molar-refractivity contribution is 1.22. The lowest BCUT2D eigenvalue weighted by Crippen LogP contribution is -1.80. The van der Waals surface area contributed by atoms with Gasteiger partial charge in [0, 0.05) is 188 Å². The Balaban J connectivity index is 0.000000129. The molecule has 0 spiro atoms. The van der Waals surface area contributed by atoms with Gasteiger partial charge in [0.2, 0.25) is 0 Å². The molecular formula is C110H93Cl13N14S5. The summed E-state index contributed by atoms with van der Waals surface area (Å²) in [6, 6.07) is 72.0. The lowest BCUT2D eigenvalue weighted by Gasteiger charge is -1.98. The number of nitrogens with zero attached hydrogens (tertiary/aromatic N) is 8. The van der Waals surface area contributed by atoms with E-state index in [1.165, 1.54) is 96.1 Å². The van der Waals surface area contributed by atoms with Crippen molar-refractivity contribution in [3.8, 4) is 0 Å². The van der Waals surface area contributed by atoms with Gasteiger partial charge in [-0.2, -0.15) is 0 Å². The first kappa shape index (κ1) is 109. The van der Waals surface area contributed by atoms with Crippen LogP contribution < -0.4 is 0 Å². The second-order valence-electron chi connectivity index (χ2n) is 32.8. The molecule has 19 heterocycles. The van der Waals surface area contributed by atoms with Gasteiger partial charge in [-0.25, -0.2) is 19.9 Å². The molecule has 19 aromatic heterocycles. The Morgan fingerprint density at radius 1 is 0.246 bits per heavy atom. The van der Waals surface area contributed by atoms with E-state index in [0.717, 1.165) is 158 Å². The van der Waals surface area contributed by atoms with Crippen molar-refractivity contribution in [1.82, 2.24) is 69.8 Å². The summed E-state index contributed by atoms with van der Waals surface area (Å²) in [5, 5.41) is 19.9. The molecule has 0 saturated carbocycles. The van der Waals surface area contributed by atoms with Crippen LogP contribution in [0.4, 0.5) is 0 Å². The number of aromatic amines is 6. The van der Waals surface area contributed by atoms with Crippen molar-refractivity contribution in [1.29, 1.82) is 0 Å². The van der Waals surface area contributed by atoms with Crippen molar-refractivity contribution in [2.45, 2.75) is 96.9 Å². The number of thiophene rings is 5. The highest BCUT2D eigenvalue weighted by atomic mass is 35.5. The van der Waals surface area contributed by atoms with Crippen molar-refractivity contribution >= 4 is 336 Å². The third-order valence-electron chi connectivity index (χ3n) is 20.8. The molecule has 6 aromatic carbocycles. The quantitative estimate of drug-likeness (QED) is 0.0806. The van der Waals surface area contributed by atoms with Gasteiger partial charge in [-0.15, -0.1) is 56.7 Å². The first-order valence-corrected chi connectivity index (χ1v) is 52.8. The Morgan fingerprint density at radius 3 is 1.40 bits per heavy atom. The van der Waals surface area contributed by atoms with Crippen LogP contribution in [0.15, 0.2) is 274 Å². The van der Waals surface area contributed by atoms with Crippen molar-refractivity contribution in [3.63, 3.8) is 0 Å². The molecule has 0 aliphatic rings. The molecule has 25 rings (SSSR count). The molecule has 0 atom stereocenters. The number of hydrogen-bond donors (Lipinski definition) is 6. The van der Waals surface area contributed by atoms with Crippen molar-refractivity contribution < 1.29 is 0 Å². The third-order valence-corrected chi connectivity index (χ3v) is 29.1. The molecule has 32 heteroatoms. The molecule has 142 heavy (non-hydrogen) atoms. The van der Waals surface area contributed by atoms with Crippen LogP contribution >= 0.6 is 207 Å². The van der Waals surface area contributed by atoms with Gasteiger partial charge in [-0.3, -0.25) is 19.9 Å². The molecular weight excluding hydrogens is 2140 g/mol. The molecule has 0 radical (unpaired) electrons. The Morgan fingerprint density at radius 2 is 0.732 bits per heavy atom. The Hall–Kier alpha value is -10.4. The summed E-state index contributed by atoms with van der Waals surface area (Å²) in [5.74, 6) is 0. The minimum absolute atomic E-state index is 0.548. The minimum atomic E-state index is 0.548. The van der Waals surface area contributed by atoms with Gasteiger partial charge in [-0.05, 0) is 300 Å². The van der Waals surface area contributed by atoms with Crippen molar-refractivity contribution in [2.75, 3.05) is 0 Å². The van der Waals surface area contributed by atoms with Crippen LogP contribution in [0.2, 0.25) is 64.9 Å². The van der Waals surface area contributed by atoms with Crippen LogP contribution in [0, 0.1) is 96.9 Å². The summed E-state index contributed by atoms with van der Waals surface area (Å²) in [6.07, 6.45) is 16.0. The topological polar surface area (TPSA) is 198 Å². The minimum Gasteiger partial charge on any atom is -0.361 e. The number of aryl methyl sites for hydroxylation is 14. The largest absolute Gasteiger partial charge is 0.361 e. The zero-order chi connectivity index (χ0) is 102. The van der Waals surface area contributed by atoms with Crippen LogP contribution in [0.1, 0.15) is 75.0 Å². The number of rotatable bonds is 0. The summed E-state index contributed by atoms with van der Waals surface area (Å²) in [5.41, 5.74) is 20.8. The second-order valence-corrected chi connectivity index (χ2v) is 44.8. The molecule has 0 saturated heterocycles. The second kappa shape index (κ2) is 51.4. The molecule has 25 aromatic rings. The number of nitrogens with one attached hydrogen (secondary N) is 6. The lowest BCUT2D eigenvalue weighted by atomic mass is 10.1. The number of fused-ring (bicyclic) bond motifs is 12. The molecule has 0 aliphatic carbocycles. The van der Waals surface area contributed by atoms with E-state index in [2.05, 4.69) is 204 Å². The zero-order valence-corrected chi connectivity index (χ0v) is 92.9. The maximum absolute atomic E-state index is 5.89. The van der Waals surface area contributed by atoms with E-state index in [4.69, 9.17) is 151 Å². The third kappa shape index (κ3) is 31.8. The highest BCUT2D eigenvalue weighted by Crippen LogP contribution is 2.34. The molecule has 0 unspecified atom stereocenters. The van der Waals surface area contributed by atoms with Crippen LogP contribution in [0.3, 0.4) is 0 Å². The molecule has 724 valence electrons. The summed E-state index contributed by atoms with van der Waals surface area (Å²) in [4.78, 5) is 59.5. The van der Waals surface area contributed by atoms with E-state index >= 15 is 0 Å². The molecule has 0 aliphatic heterocycles. The van der Waals surface area contributed by atoms with Crippen LogP contribution in [-0.2, 0) is 0 Å². The highest BCUT2D eigenvalue weighted by molar-refractivity contribution is 7.20. The fourth-order valence-corrected chi connectivity index (χ4v) is 21.5. The van der Waals surface area contributed by atoms with E-state index in [0.29, 0.717) is 25.4 Å². The number of aromatic nitrogens is 14. The summed E-state index contributed by atoms with van der Waals surface area (Å²) >= 11 is 83.5. The summed E-state index contributed by atoms with van der Waals surface area (Å²) in [7, 11) is 0. The van der Waals surface area contributed by atoms with E-state index in [-0.39, 0.29) is 0 Å². The van der Waals surface area contributed by atoms with E-state index < -0.39 is 0 Å². The smallest absolute Gasteiger partial charge is 0.139 e. The molecule has 6 N–H and O–H groups in total. The maximum atomic E-state index is 5.89. The van der Waals surface area contributed by atoms with Gasteiger partial charge >= 0.3 is 0 Å². The molecule has 0 bridgehead atoms. The van der Waals surface area contributed by atoms with Crippen LogP contribution in [-0.4, -0.2) is 69.8 Å². The normalized spacial score (nSPS) is 10.6. The Kier molecular flexibility index (Phi) is 39.4. The molecule has 0 fully saturated rings. The number of halogens is 13. The van der Waals surface area contributed by atoms with Gasteiger partial charge in [0.15, 0.2) is 0 Å². The summed E-state index contributed by atoms with van der Waals surface area (Å²) < 4.78 is 4.35. The number of H-pyrrole nitrogens is 6. The Bertz CT molecular complexity index is 7470. The van der Waals surface area contributed by atoms with Gasteiger partial charge in [0.1, 0.15) is 26.4 Å². The average molecular weight is 2230 g/mol. The predicted molar refractivity (Wildman–Crippen MR) is 623 cm³/mol. The van der Waals surface area contributed by atoms with Crippen LogP contribution in [0.25, 0.3) is 128 Å². The first-order valence-electron chi connectivity index (χ1n) is 43.8. The first-order chi connectivity index (χ1) is 67.8. The predicted octanol–water partition coefficient (Wildman–Crippen LogP) is 40.0. The highest BCUT2D eigenvalue weighted by Gasteiger charge is 2.10. The van der Waals surface area contributed by atoms with Crippen LogP contribution in [0.5, 0.6) is 0 Å². The van der Waals surface area contributed by atoms with Gasteiger partial charge in [0.25, 0.3) is 0 Å². The average Bonchev–Trinajstić information content (AvgIpc) is 1.49. The van der Waals surface area contributed by atoms with E-state index in [9.17, 15) is 0 Å². The van der Waals surface area contributed by atoms with Gasteiger partial charge in [0.05, 0.1) is 76.5 Å². The van der Waals surface area contributed by atoms with Crippen molar-refractivity contribution in [3.05, 3.63) is 414 Å². The monoisotopic (exact) mass is 2220 g/mol. The zero-order valence-electron chi connectivity index (χ0n) is 79.0. The van der Waals surface area contributed by atoms with Crippen molar-refractivity contribution in [2.24, 2.45) is 0 Å². The fraction of sp³-hybridized carbons (Fsp3) is 0.127. The van der Waals surface area contributed by atoms with E-state index in [1.807, 2.05) is 194 Å². The fourth-order valence-electron chi connectivity index (χ4n) is 14.2. The number of pyridine rings is 8. The Labute approximate surface area is 907 Å². The maximum Gasteiger partial charge on any atom is 0.139 e. The van der Waals surface area contributed by atoms with E-state index in [1.54, 1.807) is 88.6 Å². The van der Waals surface area contributed by atoms with Gasteiger partial charge < -0.3 is 29.9 Å². The standard InChI is InChI=1S/2C10H8ClN.C10H11N.2C9H8ClN.C9H7ClS.3C8H7ClN2.3C8H6ClNS.C5H4Cl2S/c1-7-2-4-9-8(6-7)3-5-10(11)12-9;1-7-4-8-2-3-9(11)5-10(8)12-6-7;1-7-3-4-9-8(2)6-11-10(9)5-7;1-6-4-7-5-8(10)2-3-9(7)11-6;1-6-2-3-7-8(10)5-11-9(7)4-6;1-6-4-7-2-3-8(10)5-9(7)11-6;1-5-2-8-6(3-10-5)7(9)4-11-8;1-5-2-6-3-7(9)4-10-8(6)11-5;1-5-2-3-6-7(9)4-10-8(6)11-5;2*1-5-2-7-8(11-5)3-6(9)4-10-7;1-5-4-6-2-3-7(9)10-8(6)11-5;1-3-4(6)2-5(7)8-3/h2*2-6H,1H3;3-6,11H,1-2H3;2*2-5,11H,1H3;2-5H,1H3;2-4,11H,1H3;2*2-4H,1H3,(H,10,11);3*2-4H,1H3;2H,1H3. The number of hydrogen-bond acceptors (Lipinski definition) is 13. The molecule has 14 nitrogen and oxygen atoms in total. The van der Waals surface area contributed by atoms with Gasteiger partial charge in [-0.1, -0.05) is 199 Å². The summed E-state index contributed by atoms with van der Waals surface area (Å²) in [6.45, 7) is 28.6. The molecule has 0 amide bonds. The number of benzene rings is 6.